The third-order valence-corrected chi connectivity index (χ3v) is 4.02. The summed E-state index contributed by atoms with van der Waals surface area (Å²) in [5, 5.41) is 3.25. The average molecular weight is 225 g/mol. The lowest BCUT2D eigenvalue weighted by molar-refractivity contribution is 0.449. The van der Waals surface area contributed by atoms with E-state index in [-0.39, 0.29) is 0 Å². The summed E-state index contributed by atoms with van der Waals surface area (Å²) in [7, 11) is 0. The minimum absolute atomic E-state index is 0.557. The van der Waals surface area contributed by atoms with E-state index in [0.29, 0.717) is 12.6 Å². The van der Waals surface area contributed by atoms with E-state index >= 15 is 0 Å². The summed E-state index contributed by atoms with van der Waals surface area (Å²) >= 11 is 1.73. The zero-order chi connectivity index (χ0) is 10.7. The standard InChI is InChI=1S/C11H19N3S/c1-2-10-5-3-4-6-14(10)11-13-9(7-12)8-15-11/h8,10H,2-7,12H2,1H3. The number of piperidine rings is 1. The highest BCUT2D eigenvalue weighted by atomic mass is 32.1. The second-order valence-electron chi connectivity index (χ2n) is 4.08. The van der Waals surface area contributed by atoms with Gasteiger partial charge in [0.1, 0.15) is 0 Å². The molecule has 1 atom stereocenters. The second-order valence-corrected chi connectivity index (χ2v) is 4.91. The molecule has 1 aromatic rings. The molecule has 1 aliphatic rings. The highest BCUT2D eigenvalue weighted by molar-refractivity contribution is 7.13. The van der Waals surface area contributed by atoms with Gasteiger partial charge in [0, 0.05) is 24.5 Å². The van der Waals surface area contributed by atoms with Gasteiger partial charge in [0.05, 0.1) is 5.69 Å². The Morgan fingerprint density at radius 2 is 2.47 bits per heavy atom. The van der Waals surface area contributed by atoms with E-state index in [1.54, 1.807) is 11.3 Å². The van der Waals surface area contributed by atoms with Crippen molar-refractivity contribution < 1.29 is 0 Å². The van der Waals surface area contributed by atoms with E-state index in [9.17, 15) is 0 Å². The zero-order valence-electron chi connectivity index (χ0n) is 9.28. The van der Waals surface area contributed by atoms with Crippen LogP contribution in [0.4, 0.5) is 5.13 Å². The van der Waals surface area contributed by atoms with Crippen molar-refractivity contribution in [2.24, 2.45) is 5.73 Å². The number of thiazole rings is 1. The fourth-order valence-electron chi connectivity index (χ4n) is 2.20. The van der Waals surface area contributed by atoms with Crippen molar-refractivity contribution in [1.82, 2.24) is 4.98 Å². The Morgan fingerprint density at radius 1 is 1.60 bits per heavy atom. The molecule has 84 valence electrons. The monoisotopic (exact) mass is 225 g/mol. The number of rotatable bonds is 3. The van der Waals surface area contributed by atoms with Crippen LogP contribution in [0.15, 0.2) is 5.38 Å². The highest BCUT2D eigenvalue weighted by Crippen LogP contribution is 2.28. The van der Waals surface area contributed by atoms with Crippen LogP contribution in [0, 0.1) is 0 Å². The van der Waals surface area contributed by atoms with Crippen LogP contribution >= 0.6 is 11.3 Å². The predicted molar refractivity (Wildman–Crippen MR) is 65.3 cm³/mol. The number of hydrogen-bond acceptors (Lipinski definition) is 4. The molecule has 1 unspecified atom stereocenters. The van der Waals surface area contributed by atoms with Gasteiger partial charge in [-0.2, -0.15) is 0 Å². The van der Waals surface area contributed by atoms with Crippen LogP contribution in [-0.2, 0) is 6.54 Å². The smallest absolute Gasteiger partial charge is 0.185 e. The fraction of sp³-hybridized carbons (Fsp3) is 0.727. The zero-order valence-corrected chi connectivity index (χ0v) is 10.1. The highest BCUT2D eigenvalue weighted by Gasteiger charge is 2.22. The Bertz CT molecular complexity index is 311. The summed E-state index contributed by atoms with van der Waals surface area (Å²) in [5.74, 6) is 0. The molecular weight excluding hydrogens is 206 g/mol. The minimum Gasteiger partial charge on any atom is -0.345 e. The van der Waals surface area contributed by atoms with Gasteiger partial charge in [0.25, 0.3) is 0 Å². The lowest BCUT2D eigenvalue weighted by Crippen LogP contribution is -2.39. The van der Waals surface area contributed by atoms with E-state index in [1.165, 1.54) is 30.8 Å². The number of nitrogens with two attached hydrogens (primary N) is 1. The van der Waals surface area contributed by atoms with E-state index in [4.69, 9.17) is 5.73 Å². The maximum Gasteiger partial charge on any atom is 0.185 e. The molecule has 0 radical (unpaired) electrons. The van der Waals surface area contributed by atoms with Gasteiger partial charge in [-0.3, -0.25) is 0 Å². The van der Waals surface area contributed by atoms with E-state index in [0.717, 1.165) is 12.2 Å². The Kier molecular flexibility index (Phi) is 3.59. The van der Waals surface area contributed by atoms with Crippen LogP contribution in [0.3, 0.4) is 0 Å². The molecule has 4 heteroatoms. The van der Waals surface area contributed by atoms with E-state index in [2.05, 4.69) is 22.2 Å². The molecule has 0 bridgehead atoms. The number of nitrogens with zero attached hydrogens (tertiary/aromatic N) is 2. The summed E-state index contributed by atoms with van der Waals surface area (Å²) < 4.78 is 0. The molecule has 1 fully saturated rings. The van der Waals surface area contributed by atoms with Gasteiger partial charge in [-0.05, 0) is 25.7 Å². The Labute approximate surface area is 95.3 Å². The third-order valence-electron chi connectivity index (χ3n) is 3.09. The quantitative estimate of drug-likeness (QED) is 0.858. The maximum atomic E-state index is 5.59. The summed E-state index contributed by atoms with van der Waals surface area (Å²) in [5.41, 5.74) is 6.61. The molecule has 1 saturated heterocycles. The average Bonchev–Trinajstić information content (AvgIpc) is 2.77. The molecule has 0 spiro atoms. The molecule has 0 aliphatic carbocycles. The van der Waals surface area contributed by atoms with Gasteiger partial charge < -0.3 is 10.6 Å². The van der Waals surface area contributed by atoms with Gasteiger partial charge in [0.2, 0.25) is 0 Å². The third kappa shape index (κ3) is 2.32. The van der Waals surface area contributed by atoms with E-state index < -0.39 is 0 Å². The normalized spacial score (nSPS) is 22.0. The van der Waals surface area contributed by atoms with E-state index in [1.807, 2.05) is 0 Å². The summed E-state index contributed by atoms with van der Waals surface area (Å²) in [6, 6.07) is 0.690. The molecule has 2 heterocycles. The number of hydrogen-bond donors (Lipinski definition) is 1. The summed E-state index contributed by atoms with van der Waals surface area (Å²) in [4.78, 5) is 7.04. The van der Waals surface area contributed by atoms with Crippen LogP contribution in [0.5, 0.6) is 0 Å². The molecule has 0 saturated carbocycles. The van der Waals surface area contributed by atoms with Crippen molar-refractivity contribution in [1.29, 1.82) is 0 Å². The predicted octanol–water partition coefficient (Wildman–Crippen LogP) is 2.37. The van der Waals surface area contributed by atoms with Gasteiger partial charge >= 0.3 is 0 Å². The summed E-state index contributed by atoms with van der Waals surface area (Å²) in [6.07, 6.45) is 5.20. The number of anilines is 1. The topological polar surface area (TPSA) is 42.2 Å². The SMILES string of the molecule is CCC1CCCCN1c1nc(CN)cs1. The van der Waals surface area contributed by atoms with Gasteiger partial charge in [-0.25, -0.2) is 4.98 Å². The molecule has 1 aliphatic heterocycles. The fourth-order valence-corrected chi connectivity index (χ4v) is 3.13. The van der Waals surface area contributed by atoms with Gasteiger partial charge in [-0.1, -0.05) is 6.92 Å². The van der Waals surface area contributed by atoms with Crippen molar-refractivity contribution in [3.63, 3.8) is 0 Å². The first kappa shape index (κ1) is 10.9. The van der Waals surface area contributed by atoms with Crippen molar-refractivity contribution in [3.8, 4) is 0 Å². The molecular formula is C11H19N3S. The van der Waals surface area contributed by atoms with Crippen LogP contribution in [0.1, 0.15) is 38.3 Å². The van der Waals surface area contributed by atoms with Crippen molar-refractivity contribution in [2.45, 2.75) is 45.2 Å². The largest absolute Gasteiger partial charge is 0.345 e. The minimum atomic E-state index is 0.557. The van der Waals surface area contributed by atoms with Crippen molar-refractivity contribution in [3.05, 3.63) is 11.1 Å². The molecule has 0 aromatic carbocycles. The Hall–Kier alpha value is -0.610. The first-order chi connectivity index (χ1) is 7.35. The molecule has 3 nitrogen and oxygen atoms in total. The van der Waals surface area contributed by atoms with Crippen LogP contribution in [0.25, 0.3) is 0 Å². The van der Waals surface area contributed by atoms with Crippen molar-refractivity contribution in [2.75, 3.05) is 11.4 Å². The molecule has 0 amide bonds. The molecule has 1 aromatic heterocycles. The van der Waals surface area contributed by atoms with Crippen LogP contribution in [-0.4, -0.2) is 17.6 Å². The maximum absolute atomic E-state index is 5.59. The first-order valence-electron chi connectivity index (χ1n) is 5.76. The second kappa shape index (κ2) is 4.94. The van der Waals surface area contributed by atoms with Gasteiger partial charge in [-0.15, -0.1) is 11.3 Å². The molecule has 15 heavy (non-hydrogen) atoms. The number of aromatic nitrogens is 1. The Balaban J connectivity index is 2.12. The molecule has 2 N–H and O–H groups in total. The van der Waals surface area contributed by atoms with Crippen LogP contribution < -0.4 is 10.6 Å². The molecule has 2 rings (SSSR count). The first-order valence-corrected chi connectivity index (χ1v) is 6.64. The van der Waals surface area contributed by atoms with Gasteiger partial charge in [0.15, 0.2) is 5.13 Å². The lowest BCUT2D eigenvalue weighted by Gasteiger charge is -2.34. The Morgan fingerprint density at radius 3 is 3.13 bits per heavy atom. The summed E-state index contributed by atoms with van der Waals surface area (Å²) in [6.45, 7) is 3.98. The van der Waals surface area contributed by atoms with Crippen molar-refractivity contribution >= 4 is 16.5 Å². The van der Waals surface area contributed by atoms with Crippen LogP contribution in [0.2, 0.25) is 0 Å². The lowest BCUT2D eigenvalue weighted by atomic mass is 10.0.